The number of hydrogen-bond donors (Lipinski definition) is 0. The Hall–Kier alpha value is -0.996. The van der Waals surface area contributed by atoms with E-state index in [1.165, 1.54) is 0 Å². The third kappa shape index (κ3) is 17.0. The first kappa shape index (κ1) is 62.3. The van der Waals surface area contributed by atoms with Gasteiger partial charge in [0, 0.05) is 6.42 Å². The van der Waals surface area contributed by atoms with Crippen molar-refractivity contribution in [3.63, 3.8) is 0 Å². The predicted octanol–water partition coefficient (Wildman–Crippen LogP) is 15.5. The molecule has 0 N–H and O–H groups in total. The summed E-state index contributed by atoms with van der Waals surface area (Å²) in [4.78, 5) is 0. The first-order chi connectivity index (χ1) is 31.1. The Morgan fingerprint density at radius 2 is 0.928 bits per heavy atom. The molecule has 1 heterocycles. The van der Waals surface area contributed by atoms with Gasteiger partial charge in [0.05, 0.1) is 64.1 Å². The average molecular weight is 1050 g/mol. The standard InChI is InChI=1S/C55H104O9Si5/c1-51(2,3)65(17,18)60-45-36-44(46(61-66(19,20)52(4,5)6)39-57-37-41-30-28-27-29-31-41)59-50(48(45)63-68(23,24)54(10,11)12)49(64-69(25,26)55(13,14)15)47(62-67(21,22)53(7,8)9)40-58-38-42-32-34-43(56-16)35-33-42/h27-35,44-50H,36-40H2,1-26H3/t44-,45-,46-,47-,48-,49-,50-/m1/s1. The van der Waals surface area contributed by atoms with Gasteiger partial charge in [0.25, 0.3) is 0 Å². The lowest BCUT2D eigenvalue weighted by molar-refractivity contribution is -0.225. The topological polar surface area (TPSA) is 83.1 Å². The van der Waals surface area contributed by atoms with E-state index >= 15 is 0 Å². The summed E-state index contributed by atoms with van der Waals surface area (Å²) in [5.74, 6) is 0.813. The third-order valence-electron chi connectivity index (χ3n) is 16.9. The van der Waals surface area contributed by atoms with Crippen LogP contribution in [0.4, 0.5) is 0 Å². The van der Waals surface area contributed by atoms with Gasteiger partial charge in [0.15, 0.2) is 41.6 Å². The lowest BCUT2D eigenvalue weighted by Crippen LogP contribution is -2.67. The van der Waals surface area contributed by atoms with Gasteiger partial charge in [-0.2, -0.15) is 0 Å². The van der Waals surface area contributed by atoms with Gasteiger partial charge in [-0.25, -0.2) is 0 Å². The smallest absolute Gasteiger partial charge is 0.192 e. The summed E-state index contributed by atoms with van der Waals surface area (Å²) < 4.78 is 65.8. The highest BCUT2D eigenvalue weighted by Gasteiger charge is 2.57. The molecule has 7 atom stereocenters. The molecule has 0 saturated carbocycles. The van der Waals surface area contributed by atoms with Crippen molar-refractivity contribution in [2.24, 2.45) is 0 Å². The highest BCUT2D eigenvalue weighted by atomic mass is 28.4. The monoisotopic (exact) mass is 1050 g/mol. The van der Waals surface area contributed by atoms with Crippen molar-refractivity contribution < 1.29 is 41.1 Å². The van der Waals surface area contributed by atoms with Crippen molar-refractivity contribution in [2.75, 3.05) is 20.3 Å². The highest BCUT2D eigenvalue weighted by Crippen LogP contribution is 2.48. The van der Waals surface area contributed by atoms with E-state index in [1.807, 2.05) is 18.2 Å². The molecule has 69 heavy (non-hydrogen) atoms. The van der Waals surface area contributed by atoms with Crippen molar-refractivity contribution in [3.8, 4) is 5.75 Å². The normalized spacial score (nSPS) is 21.2. The summed E-state index contributed by atoms with van der Waals surface area (Å²) >= 11 is 0. The van der Waals surface area contributed by atoms with Crippen molar-refractivity contribution >= 4 is 41.6 Å². The Morgan fingerprint density at radius 3 is 1.39 bits per heavy atom. The molecule has 3 rings (SSSR count). The zero-order valence-corrected chi connectivity index (χ0v) is 53.9. The maximum Gasteiger partial charge on any atom is 0.192 e. The van der Waals surface area contributed by atoms with Gasteiger partial charge in [-0.1, -0.05) is 146 Å². The van der Waals surface area contributed by atoms with Gasteiger partial charge in [0.2, 0.25) is 0 Å². The van der Waals surface area contributed by atoms with E-state index in [2.05, 4.69) is 206 Å². The summed E-state index contributed by atoms with van der Waals surface area (Å²) in [5.41, 5.74) is 2.18. The van der Waals surface area contributed by atoms with E-state index in [-0.39, 0.29) is 31.3 Å². The maximum absolute atomic E-state index is 7.94. The minimum absolute atomic E-state index is 0.0545. The second-order valence-electron chi connectivity index (χ2n) is 27.7. The van der Waals surface area contributed by atoms with Crippen LogP contribution in [-0.2, 0) is 49.6 Å². The second-order valence-corrected chi connectivity index (χ2v) is 51.5. The Kier molecular flexibility index (Phi) is 21.0. The molecule has 1 aliphatic heterocycles. The molecular formula is C55H104O9Si5. The molecule has 1 aliphatic rings. The summed E-state index contributed by atoms with van der Waals surface area (Å²) in [7, 11) is -10.7. The summed E-state index contributed by atoms with van der Waals surface area (Å²) in [6, 6.07) is 18.5. The minimum Gasteiger partial charge on any atom is -0.497 e. The number of methoxy groups -OCH3 is 1. The fraction of sp³-hybridized carbons (Fsp3) is 0.782. The van der Waals surface area contributed by atoms with Gasteiger partial charge >= 0.3 is 0 Å². The van der Waals surface area contributed by atoms with Crippen LogP contribution in [0.2, 0.25) is 90.7 Å². The van der Waals surface area contributed by atoms with Crippen LogP contribution in [0.25, 0.3) is 0 Å². The molecule has 1 saturated heterocycles. The van der Waals surface area contributed by atoms with E-state index in [1.54, 1.807) is 7.11 Å². The molecule has 0 aliphatic carbocycles. The van der Waals surface area contributed by atoms with Crippen LogP contribution < -0.4 is 4.74 Å². The van der Waals surface area contributed by atoms with Crippen molar-refractivity contribution in [2.45, 2.75) is 257 Å². The number of rotatable bonds is 22. The quantitative estimate of drug-likeness (QED) is 0.107. The molecule has 1 fully saturated rings. The fourth-order valence-electron chi connectivity index (χ4n) is 7.02. The second kappa shape index (κ2) is 23.3. The SMILES string of the molecule is COc1ccc(COC[C@@H](O[Si](C)(C)C(C)(C)C)[C@@H](O[Si](C)(C)C(C)(C)C)[C@@H]2O[C@@H]([C@@H](COCc3ccccc3)O[Si](C)(C)C(C)(C)C)C[C@@H](O[Si](C)(C)C(C)(C)C)[C@H]2O[Si](C)(C)C(C)(C)C)cc1. The van der Waals surface area contributed by atoms with Crippen molar-refractivity contribution in [1.29, 1.82) is 0 Å². The molecule has 0 amide bonds. The van der Waals surface area contributed by atoms with E-state index in [0.717, 1.165) is 16.9 Å². The van der Waals surface area contributed by atoms with Crippen LogP contribution in [0.5, 0.6) is 5.75 Å². The zero-order chi connectivity index (χ0) is 53.0. The molecule has 14 heteroatoms. The van der Waals surface area contributed by atoms with Crippen LogP contribution in [0, 0.1) is 0 Å². The number of ether oxygens (including phenoxy) is 4. The van der Waals surface area contributed by atoms with Gasteiger partial charge in [-0.15, -0.1) is 0 Å². The third-order valence-corrected chi connectivity index (χ3v) is 39.4. The van der Waals surface area contributed by atoms with E-state index in [0.29, 0.717) is 32.8 Å². The first-order valence-electron chi connectivity index (χ1n) is 25.9. The van der Waals surface area contributed by atoms with Crippen molar-refractivity contribution in [3.05, 3.63) is 65.7 Å². The Bertz CT molecular complexity index is 1850. The molecule has 2 aromatic rings. The molecule has 0 aromatic heterocycles. The van der Waals surface area contributed by atoms with Gasteiger partial charge in [-0.3, -0.25) is 0 Å². The van der Waals surface area contributed by atoms with Crippen LogP contribution >= 0.6 is 0 Å². The molecule has 2 aromatic carbocycles. The molecule has 0 radical (unpaired) electrons. The number of hydrogen-bond acceptors (Lipinski definition) is 9. The lowest BCUT2D eigenvalue weighted by Gasteiger charge is -2.55. The van der Waals surface area contributed by atoms with Gasteiger partial charge in [0.1, 0.15) is 18.0 Å². The molecule has 398 valence electrons. The lowest BCUT2D eigenvalue weighted by atomic mass is 9.91. The highest BCUT2D eigenvalue weighted by molar-refractivity contribution is 6.76. The molecule has 0 unspecified atom stereocenters. The van der Waals surface area contributed by atoms with Crippen LogP contribution in [0.3, 0.4) is 0 Å². The van der Waals surface area contributed by atoms with Crippen molar-refractivity contribution in [1.82, 2.24) is 0 Å². The van der Waals surface area contributed by atoms with Crippen LogP contribution in [-0.4, -0.2) is 105 Å². The largest absolute Gasteiger partial charge is 0.497 e. The first-order valence-corrected chi connectivity index (χ1v) is 40.5. The Balaban J connectivity index is 2.46. The molecular weight excluding hydrogens is 945 g/mol. The summed E-state index contributed by atoms with van der Waals surface area (Å²) in [6.07, 6.45) is -2.72. The summed E-state index contributed by atoms with van der Waals surface area (Å²) in [6.45, 7) is 59.6. The Morgan fingerprint density at radius 1 is 0.507 bits per heavy atom. The van der Waals surface area contributed by atoms with Gasteiger partial charge in [-0.05, 0) is 114 Å². The molecule has 0 spiro atoms. The van der Waals surface area contributed by atoms with E-state index < -0.39 is 78.2 Å². The van der Waals surface area contributed by atoms with Crippen LogP contribution in [0.1, 0.15) is 121 Å². The van der Waals surface area contributed by atoms with E-state index in [9.17, 15) is 0 Å². The van der Waals surface area contributed by atoms with Crippen LogP contribution in [0.15, 0.2) is 54.6 Å². The zero-order valence-electron chi connectivity index (χ0n) is 48.9. The Labute approximate surface area is 429 Å². The van der Waals surface area contributed by atoms with Gasteiger partial charge < -0.3 is 41.1 Å². The van der Waals surface area contributed by atoms with E-state index in [4.69, 9.17) is 41.1 Å². The maximum atomic E-state index is 7.94. The summed E-state index contributed by atoms with van der Waals surface area (Å²) in [5, 5.41) is -0.433. The minimum atomic E-state index is -2.58. The molecule has 0 bridgehead atoms. The predicted molar refractivity (Wildman–Crippen MR) is 302 cm³/mol. The number of benzene rings is 2. The fourth-order valence-corrected chi connectivity index (χ4v) is 13.6. The molecule has 9 nitrogen and oxygen atoms in total. The average Bonchev–Trinajstić information content (AvgIpc) is 3.18.